The van der Waals surface area contributed by atoms with Gasteiger partial charge in [0.15, 0.2) is 0 Å². The third kappa shape index (κ3) is 3.92. The minimum atomic E-state index is -0.107. The van der Waals surface area contributed by atoms with Crippen LogP contribution in [0.25, 0.3) is 0 Å². The van der Waals surface area contributed by atoms with Crippen LogP contribution in [0, 0.1) is 0 Å². The van der Waals surface area contributed by atoms with Crippen molar-refractivity contribution in [2.45, 2.75) is 65.4 Å². The van der Waals surface area contributed by atoms with Crippen LogP contribution in [0.3, 0.4) is 0 Å². The van der Waals surface area contributed by atoms with Gasteiger partial charge in [-0.1, -0.05) is 0 Å². The van der Waals surface area contributed by atoms with E-state index in [0.29, 0.717) is 4.05 Å². The number of ether oxygens (including phenoxy) is 1. The zero-order valence-corrected chi connectivity index (χ0v) is 14.5. The first kappa shape index (κ1) is 14.3. The Labute approximate surface area is 128 Å². The number of hydrogen-bond acceptors (Lipinski definition) is 3. The SMILES string of the molecule is CCCCC1(OC(=O)C(I)C2N[I-]2)CCCC1. The van der Waals surface area contributed by atoms with Crippen molar-refractivity contribution in [3.05, 3.63) is 0 Å². The standard InChI is InChI=1S/C12H20I2NO2/c1-2-3-6-12(7-4-5-8-12)17-11(16)9(13)10-14-15-10/h9-10,15H,2-8H2,1H3/q-1. The van der Waals surface area contributed by atoms with Gasteiger partial charge in [0.05, 0.1) is 0 Å². The van der Waals surface area contributed by atoms with Gasteiger partial charge in [-0.25, -0.2) is 0 Å². The number of unbranched alkanes of at least 4 members (excludes halogenated alkanes) is 1. The molecule has 0 aromatic heterocycles. The van der Waals surface area contributed by atoms with Crippen LogP contribution < -0.4 is 25.0 Å². The molecular formula is C12H20I2NO2-. The Morgan fingerprint density at radius 3 is 2.76 bits per heavy atom. The van der Waals surface area contributed by atoms with Crippen molar-refractivity contribution in [1.29, 1.82) is 0 Å². The van der Waals surface area contributed by atoms with Crippen LogP contribution in [0.2, 0.25) is 0 Å². The Kier molecular flexibility index (Phi) is 5.35. The molecule has 5 heteroatoms. The van der Waals surface area contributed by atoms with Crippen molar-refractivity contribution < 1.29 is 31.0 Å². The van der Waals surface area contributed by atoms with Crippen LogP contribution in [0.4, 0.5) is 0 Å². The fourth-order valence-corrected chi connectivity index (χ4v) is 5.54. The molecule has 0 radical (unpaired) electrons. The summed E-state index contributed by atoms with van der Waals surface area (Å²) < 4.78 is 9.70. The van der Waals surface area contributed by atoms with Crippen LogP contribution in [-0.2, 0) is 9.53 Å². The van der Waals surface area contributed by atoms with Gasteiger partial charge in [-0.15, -0.1) is 0 Å². The molecule has 17 heavy (non-hydrogen) atoms. The Bertz CT molecular complexity index is 276. The fourth-order valence-electron chi connectivity index (χ4n) is 2.46. The summed E-state index contributed by atoms with van der Waals surface area (Å²) >= 11 is 2.34. The van der Waals surface area contributed by atoms with E-state index >= 15 is 0 Å². The normalized spacial score (nSPS) is 28.2. The van der Waals surface area contributed by atoms with E-state index in [4.69, 9.17) is 4.74 Å². The molecule has 1 N–H and O–H groups in total. The van der Waals surface area contributed by atoms with Crippen molar-refractivity contribution in [2.24, 2.45) is 0 Å². The molecule has 1 aliphatic carbocycles. The summed E-state index contributed by atoms with van der Waals surface area (Å²) in [6, 6.07) is 0. The van der Waals surface area contributed by atoms with Crippen LogP contribution in [0.5, 0.6) is 0 Å². The van der Waals surface area contributed by atoms with Gasteiger partial charge in [0.25, 0.3) is 0 Å². The summed E-state index contributed by atoms with van der Waals surface area (Å²) in [7, 11) is 0. The Hall–Kier alpha value is 0.890. The summed E-state index contributed by atoms with van der Waals surface area (Å²) in [4.78, 5) is 12.1. The van der Waals surface area contributed by atoms with Gasteiger partial charge in [0.1, 0.15) is 0 Å². The molecule has 2 aliphatic rings. The van der Waals surface area contributed by atoms with Gasteiger partial charge >= 0.3 is 129 Å². The van der Waals surface area contributed by atoms with Gasteiger partial charge in [0, 0.05) is 0 Å². The van der Waals surface area contributed by atoms with Crippen molar-refractivity contribution in [3.8, 4) is 0 Å². The second-order valence-electron chi connectivity index (χ2n) is 4.94. The minimum absolute atomic E-state index is 0.0262. The molecule has 0 spiro atoms. The van der Waals surface area contributed by atoms with Gasteiger partial charge in [-0.3, -0.25) is 0 Å². The first-order valence-corrected chi connectivity index (χ1v) is 9.99. The molecule has 1 saturated carbocycles. The molecule has 2 rings (SSSR count). The number of rotatable bonds is 6. The molecule has 2 fully saturated rings. The molecule has 3 nitrogen and oxygen atoms in total. The first-order chi connectivity index (χ1) is 8.17. The Balaban J connectivity index is 1.89. The zero-order chi connectivity index (χ0) is 12.3. The van der Waals surface area contributed by atoms with Crippen molar-refractivity contribution in [3.63, 3.8) is 0 Å². The fraction of sp³-hybridized carbons (Fsp3) is 0.917. The van der Waals surface area contributed by atoms with E-state index in [2.05, 4.69) is 33.0 Å². The number of carbonyl (C=O) groups is 1. The maximum absolute atomic E-state index is 12.1. The Morgan fingerprint density at radius 1 is 1.59 bits per heavy atom. The number of esters is 1. The molecule has 1 saturated heterocycles. The number of carbonyl (C=O) groups excluding carboxylic acids is 1. The first-order valence-electron chi connectivity index (χ1n) is 6.42. The number of alkyl halides is 2. The second kappa shape index (κ2) is 6.36. The summed E-state index contributed by atoms with van der Waals surface area (Å²) in [5, 5.41) is 0. The van der Waals surface area contributed by atoms with Gasteiger partial charge < -0.3 is 0 Å². The predicted octanol–water partition coefficient (Wildman–Crippen LogP) is -0.230. The molecule has 100 valence electrons. The summed E-state index contributed by atoms with van der Waals surface area (Å²) in [5.41, 5.74) is -0.107. The maximum atomic E-state index is 12.1. The van der Waals surface area contributed by atoms with E-state index in [9.17, 15) is 4.79 Å². The molecule has 1 aliphatic heterocycles. The average Bonchev–Trinajstić information content (AvgIpc) is 3.08. The third-order valence-corrected chi connectivity index (χ3v) is 8.20. The zero-order valence-electron chi connectivity index (χ0n) is 10.2. The van der Waals surface area contributed by atoms with Crippen LogP contribution in [-0.4, -0.2) is 19.5 Å². The van der Waals surface area contributed by atoms with Gasteiger partial charge in [0.2, 0.25) is 0 Å². The van der Waals surface area contributed by atoms with Crippen LogP contribution >= 0.6 is 22.6 Å². The Morgan fingerprint density at radius 2 is 2.24 bits per heavy atom. The van der Waals surface area contributed by atoms with E-state index in [1.54, 1.807) is 0 Å². The quantitative estimate of drug-likeness (QED) is 0.148. The third-order valence-electron chi connectivity index (χ3n) is 3.54. The molecule has 0 aromatic rings. The van der Waals surface area contributed by atoms with E-state index in [1.165, 1.54) is 25.7 Å². The van der Waals surface area contributed by atoms with E-state index < -0.39 is 0 Å². The van der Waals surface area contributed by atoms with Crippen molar-refractivity contribution >= 4 is 28.6 Å². The van der Waals surface area contributed by atoms with Crippen LogP contribution in [0.15, 0.2) is 0 Å². The number of hydrogen-bond donors (Lipinski definition) is 1. The van der Waals surface area contributed by atoms with Crippen molar-refractivity contribution in [2.75, 3.05) is 0 Å². The topological polar surface area (TPSA) is 48.2 Å². The van der Waals surface area contributed by atoms with Crippen LogP contribution in [0.1, 0.15) is 51.9 Å². The van der Waals surface area contributed by atoms with E-state index in [-0.39, 0.29) is 37.0 Å². The molecular weight excluding hydrogens is 444 g/mol. The number of halogens is 2. The summed E-state index contributed by atoms with van der Waals surface area (Å²) in [6.07, 6.45) is 8.02. The van der Waals surface area contributed by atoms with E-state index in [0.717, 1.165) is 19.3 Å². The molecule has 1 heterocycles. The monoisotopic (exact) mass is 464 g/mol. The molecule has 0 amide bonds. The molecule has 2 unspecified atom stereocenters. The molecule has 0 aromatic carbocycles. The van der Waals surface area contributed by atoms with Gasteiger partial charge in [-0.05, 0) is 0 Å². The van der Waals surface area contributed by atoms with Gasteiger partial charge in [-0.2, -0.15) is 0 Å². The number of nitrogens with one attached hydrogen (secondary N) is 1. The summed E-state index contributed by atoms with van der Waals surface area (Å²) in [6.45, 7) is 2.20. The van der Waals surface area contributed by atoms with E-state index in [1.807, 2.05) is 0 Å². The molecule has 2 atom stereocenters. The molecule has 0 bridgehead atoms. The summed E-state index contributed by atoms with van der Waals surface area (Å²) in [5.74, 6) is 0.0262. The predicted molar refractivity (Wildman–Crippen MR) is 71.5 cm³/mol. The van der Waals surface area contributed by atoms with Crippen molar-refractivity contribution in [1.82, 2.24) is 3.53 Å². The average molecular weight is 464 g/mol. The second-order valence-corrected chi connectivity index (χ2v) is 8.87.